The fourth-order valence-electron chi connectivity index (χ4n) is 3.29. The lowest BCUT2D eigenvalue weighted by Gasteiger charge is -2.35. The number of amides is 2. The molecule has 2 aromatic rings. The first-order valence-corrected chi connectivity index (χ1v) is 11.5. The molecule has 32 heavy (non-hydrogen) atoms. The van der Waals surface area contributed by atoms with Crippen LogP contribution in [0, 0.1) is 18.3 Å². The molecule has 2 heterocycles. The van der Waals surface area contributed by atoms with E-state index in [1.54, 1.807) is 32.0 Å². The fourth-order valence-corrected chi connectivity index (χ4v) is 4.28. The smallest absolute Gasteiger partial charge is 0.340 e. The average Bonchev–Trinajstić information content (AvgIpc) is 2.79. The van der Waals surface area contributed by atoms with Crippen LogP contribution in [0.4, 0.5) is 10.6 Å². The Morgan fingerprint density at radius 2 is 1.84 bits per heavy atom. The first-order valence-electron chi connectivity index (χ1n) is 9.97. The number of aryl methyl sites for hydroxylation is 1. The highest BCUT2D eigenvalue weighted by atomic mass is 32.2. The highest BCUT2D eigenvalue weighted by Crippen LogP contribution is 2.23. The number of nitrogens with one attached hydrogen (secondary N) is 1. The number of hydrogen-bond acceptors (Lipinski definition) is 8. The van der Waals surface area contributed by atoms with Gasteiger partial charge in [0.15, 0.2) is 0 Å². The molecule has 1 saturated heterocycles. The van der Waals surface area contributed by atoms with E-state index in [-0.39, 0.29) is 35.7 Å². The number of hydrogen-bond donors (Lipinski definition) is 1. The van der Waals surface area contributed by atoms with E-state index >= 15 is 0 Å². The maximum Gasteiger partial charge on any atom is 0.340 e. The predicted octanol–water partition coefficient (Wildman–Crippen LogP) is 1.66. The van der Waals surface area contributed by atoms with Crippen LogP contribution >= 0.6 is 0 Å². The highest BCUT2D eigenvalue weighted by molar-refractivity contribution is 7.90. The van der Waals surface area contributed by atoms with Crippen molar-refractivity contribution in [2.24, 2.45) is 0 Å². The van der Waals surface area contributed by atoms with Gasteiger partial charge in [-0.05, 0) is 32.0 Å². The van der Waals surface area contributed by atoms with Crippen molar-refractivity contribution in [1.82, 2.24) is 14.6 Å². The molecule has 0 saturated carbocycles. The number of ether oxygens (including phenoxy) is 1. The van der Waals surface area contributed by atoms with Crippen LogP contribution in [0.25, 0.3) is 0 Å². The van der Waals surface area contributed by atoms with E-state index in [9.17, 15) is 23.3 Å². The molecule has 0 aliphatic carbocycles. The molecular weight excluding hydrogens is 434 g/mol. The number of piperazine rings is 1. The molecular formula is C21H23N5O5S. The zero-order chi connectivity index (χ0) is 23.3. The van der Waals surface area contributed by atoms with Crippen molar-refractivity contribution in [3.05, 3.63) is 53.2 Å². The van der Waals surface area contributed by atoms with Gasteiger partial charge in [-0.2, -0.15) is 5.26 Å². The van der Waals surface area contributed by atoms with Gasteiger partial charge in [-0.3, -0.25) is 0 Å². The second kappa shape index (κ2) is 9.65. The summed E-state index contributed by atoms with van der Waals surface area (Å²) in [5.41, 5.74) is 0.895. The number of carbonyl (C=O) groups is 2. The molecule has 2 amide bonds. The minimum atomic E-state index is -3.96. The van der Waals surface area contributed by atoms with Gasteiger partial charge in [0, 0.05) is 26.2 Å². The quantitative estimate of drug-likeness (QED) is 0.670. The molecule has 0 atom stereocenters. The molecule has 3 rings (SSSR count). The standard InChI is InChI=1S/C21H23N5O5S/c1-3-31-20(27)18-13-16(14-22)19(23-15(18)2)25-9-11-26(12-10-25)21(28)24-32(29,30)17-7-5-4-6-8-17/h4-8,13H,3,9-12H2,1-2H3,(H,24,28). The number of sulfonamides is 1. The Morgan fingerprint density at radius 3 is 2.44 bits per heavy atom. The molecule has 1 aliphatic heterocycles. The monoisotopic (exact) mass is 457 g/mol. The molecule has 1 fully saturated rings. The summed E-state index contributed by atoms with van der Waals surface area (Å²) in [6.07, 6.45) is 0. The molecule has 1 aliphatic rings. The van der Waals surface area contributed by atoms with Crippen LogP contribution in [-0.2, 0) is 14.8 Å². The number of aromatic nitrogens is 1. The van der Waals surface area contributed by atoms with Gasteiger partial charge in [-0.1, -0.05) is 18.2 Å². The Morgan fingerprint density at radius 1 is 1.19 bits per heavy atom. The summed E-state index contributed by atoms with van der Waals surface area (Å²) in [6.45, 7) is 4.74. The van der Waals surface area contributed by atoms with Crippen LogP contribution in [0.1, 0.15) is 28.5 Å². The summed E-state index contributed by atoms with van der Waals surface area (Å²) >= 11 is 0. The summed E-state index contributed by atoms with van der Waals surface area (Å²) in [6, 6.07) is 10.5. The van der Waals surface area contributed by atoms with Crippen LogP contribution in [0.5, 0.6) is 0 Å². The number of nitriles is 1. The average molecular weight is 458 g/mol. The number of urea groups is 1. The summed E-state index contributed by atoms with van der Waals surface area (Å²) in [5.74, 6) is -0.128. The second-order valence-electron chi connectivity index (χ2n) is 7.02. The van der Waals surface area contributed by atoms with Gasteiger partial charge >= 0.3 is 12.0 Å². The Kier molecular flexibility index (Phi) is 6.95. The maximum atomic E-state index is 12.5. The predicted molar refractivity (Wildman–Crippen MR) is 116 cm³/mol. The second-order valence-corrected chi connectivity index (χ2v) is 8.70. The largest absolute Gasteiger partial charge is 0.462 e. The Balaban J connectivity index is 1.69. The van der Waals surface area contributed by atoms with E-state index in [0.717, 1.165) is 0 Å². The third kappa shape index (κ3) is 4.97. The van der Waals surface area contributed by atoms with E-state index in [1.807, 2.05) is 4.90 Å². The van der Waals surface area contributed by atoms with Crippen molar-refractivity contribution < 1.29 is 22.7 Å². The first-order chi connectivity index (χ1) is 15.3. The molecule has 0 unspecified atom stereocenters. The zero-order valence-corrected chi connectivity index (χ0v) is 18.6. The Bertz CT molecular complexity index is 1150. The Labute approximate surface area is 186 Å². The van der Waals surface area contributed by atoms with Crippen LogP contribution in [0.2, 0.25) is 0 Å². The third-order valence-electron chi connectivity index (χ3n) is 4.95. The maximum absolute atomic E-state index is 12.5. The lowest BCUT2D eigenvalue weighted by atomic mass is 10.1. The summed E-state index contributed by atoms with van der Waals surface area (Å²) in [7, 11) is -3.96. The molecule has 1 aromatic heterocycles. The molecule has 0 bridgehead atoms. The van der Waals surface area contributed by atoms with Gasteiger partial charge in [0.25, 0.3) is 10.0 Å². The number of carbonyl (C=O) groups excluding carboxylic acids is 2. The lowest BCUT2D eigenvalue weighted by Crippen LogP contribution is -2.53. The van der Waals surface area contributed by atoms with E-state index in [4.69, 9.17) is 4.74 Å². The molecule has 1 aromatic carbocycles. The molecule has 11 heteroatoms. The van der Waals surface area contributed by atoms with E-state index in [0.29, 0.717) is 24.6 Å². The number of esters is 1. The van der Waals surface area contributed by atoms with Crippen LogP contribution in [-0.4, -0.2) is 63.1 Å². The number of benzene rings is 1. The van der Waals surface area contributed by atoms with Gasteiger partial charge in [-0.15, -0.1) is 0 Å². The van der Waals surface area contributed by atoms with Gasteiger partial charge in [-0.25, -0.2) is 27.7 Å². The normalized spacial score (nSPS) is 13.9. The van der Waals surface area contributed by atoms with Crippen molar-refractivity contribution in [2.45, 2.75) is 18.7 Å². The zero-order valence-electron chi connectivity index (χ0n) is 17.7. The van der Waals surface area contributed by atoms with E-state index < -0.39 is 22.0 Å². The van der Waals surface area contributed by atoms with Crippen LogP contribution in [0.3, 0.4) is 0 Å². The Hall–Kier alpha value is -3.65. The minimum Gasteiger partial charge on any atom is -0.462 e. The topological polar surface area (TPSA) is 133 Å². The van der Waals surface area contributed by atoms with E-state index in [2.05, 4.69) is 15.8 Å². The first kappa shape index (κ1) is 23.0. The number of nitrogens with zero attached hydrogens (tertiary/aromatic N) is 4. The van der Waals surface area contributed by atoms with Crippen LogP contribution in [0.15, 0.2) is 41.3 Å². The summed E-state index contributed by atoms with van der Waals surface area (Å²) in [5, 5.41) is 9.54. The summed E-state index contributed by atoms with van der Waals surface area (Å²) < 4.78 is 31.8. The SMILES string of the molecule is CCOC(=O)c1cc(C#N)c(N2CCN(C(=O)NS(=O)(=O)c3ccccc3)CC2)nc1C. The van der Waals surface area contributed by atoms with Crippen LogP contribution < -0.4 is 9.62 Å². The lowest BCUT2D eigenvalue weighted by molar-refractivity contribution is 0.0525. The molecule has 0 spiro atoms. The van der Waals surface area contributed by atoms with E-state index in [1.165, 1.54) is 23.1 Å². The molecule has 0 radical (unpaired) electrons. The fraction of sp³-hybridized carbons (Fsp3) is 0.333. The van der Waals surface area contributed by atoms with Crippen molar-refractivity contribution in [3.63, 3.8) is 0 Å². The van der Waals surface area contributed by atoms with Crippen molar-refractivity contribution in [3.8, 4) is 6.07 Å². The van der Waals surface area contributed by atoms with Crippen molar-refractivity contribution in [2.75, 3.05) is 37.7 Å². The number of pyridine rings is 1. The van der Waals surface area contributed by atoms with Gasteiger partial charge < -0.3 is 14.5 Å². The minimum absolute atomic E-state index is 0.00649. The molecule has 1 N–H and O–H groups in total. The van der Waals surface area contributed by atoms with Crippen molar-refractivity contribution in [1.29, 1.82) is 5.26 Å². The summed E-state index contributed by atoms with van der Waals surface area (Å²) in [4.78, 5) is 32.2. The number of anilines is 1. The van der Waals surface area contributed by atoms with Gasteiger partial charge in [0.1, 0.15) is 11.9 Å². The molecule has 10 nitrogen and oxygen atoms in total. The number of rotatable bonds is 5. The van der Waals surface area contributed by atoms with Crippen molar-refractivity contribution >= 4 is 27.8 Å². The van der Waals surface area contributed by atoms with Gasteiger partial charge in [0.05, 0.1) is 28.3 Å². The molecule has 168 valence electrons. The third-order valence-corrected chi connectivity index (χ3v) is 6.29. The highest BCUT2D eigenvalue weighted by Gasteiger charge is 2.27. The van der Waals surface area contributed by atoms with Gasteiger partial charge in [0.2, 0.25) is 0 Å².